The van der Waals surface area contributed by atoms with Crippen LogP contribution in [0.3, 0.4) is 0 Å². The Labute approximate surface area is 163 Å². The quantitative estimate of drug-likeness (QED) is 0.592. The molecule has 0 saturated carbocycles. The summed E-state index contributed by atoms with van der Waals surface area (Å²) in [6.07, 6.45) is 2.69. The monoisotopic (exact) mass is 374 g/mol. The second-order valence-corrected chi connectivity index (χ2v) is 6.38. The van der Waals surface area contributed by atoms with Gasteiger partial charge in [-0.3, -0.25) is 9.59 Å². The van der Waals surface area contributed by atoms with Gasteiger partial charge in [0, 0.05) is 36.5 Å². The van der Waals surface area contributed by atoms with Crippen molar-refractivity contribution in [3.05, 3.63) is 89.6 Å². The van der Waals surface area contributed by atoms with Gasteiger partial charge in [0.05, 0.1) is 0 Å². The predicted molar refractivity (Wildman–Crippen MR) is 110 cm³/mol. The number of aromatic nitrogens is 1. The Morgan fingerprint density at radius 1 is 0.929 bits per heavy atom. The van der Waals surface area contributed by atoms with E-state index in [9.17, 15) is 9.59 Å². The number of carbonyl (C=O) groups is 2. The van der Waals surface area contributed by atoms with E-state index in [1.807, 2.05) is 42.5 Å². The zero-order chi connectivity index (χ0) is 19.8. The van der Waals surface area contributed by atoms with Crippen LogP contribution in [0.5, 0.6) is 0 Å². The zero-order valence-corrected chi connectivity index (χ0v) is 15.4. The van der Waals surface area contributed by atoms with E-state index >= 15 is 0 Å². The highest BCUT2D eigenvalue weighted by atomic mass is 16.2. The van der Waals surface area contributed by atoms with E-state index in [1.54, 1.807) is 24.3 Å². The molecule has 4 N–H and O–H groups in total. The highest BCUT2D eigenvalue weighted by molar-refractivity contribution is 6.04. The summed E-state index contributed by atoms with van der Waals surface area (Å²) in [5.41, 5.74) is 8.79. The largest absolute Gasteiger partial charge is 0.384 e. The van der Waals surface area contributed by atoms with Crippen LogP contribution >= 0.6 is 0 Å². The maximum Gasteiger partial charge on any atom is 0.255 e. The molecular weight excluding hydrogens is 352 g/mol. The second-order valence-electron chi connectivity index (χ2n) is 6.38. The van der Waals surface area contributed by atoms with Crippen LogP contribution in [0.1, 0.15) is 27.9 Å². The topological polar surface area (TPSA) is 97.1 Å². The van der Waals surface area contributed by atoms with Gasteiger partial charge in [-0.25, -0.2) is 4.98 Å². The van der Waals surface area contributed by atoms with Crippen molar-refractivity contribution in [1.29, 1.82) is 0 Å². The first-order valence-corrected chi connectivity index (χ1v) is 9.02. The molecule has 0 aliphatic carbocycles. The lowest BCUT2D eigenvalue weighted by Gasteiger charge is -2.08. The van der Waals surface area contributed by atoms with E-state index in [0.717, 1.165) is 11.1 Å². The number of carbonyl (C=O) groups excluding carboxylic acids is 2. The van der Waals surface area contributed by atoms with E-state index in [0.29, 0.717) is 36.5 Å². The molecule has 0 unspecified atom stereocenters. The molecular formula is C22H22N4O2. The van der Waals surface area contributed by atoms with Crippen LogP contribution in [0.4, 0.5) is 11.5 Å². The van der Waals surface area contributed by atoms with E-state index in [2.05, 4.69) is 15.6 Å². The average Bonchev–Trinajstić information content (AvgIpc) is 2.72. The van der Waals surface area contributed by atoms with Crippen LogP contribution in [0.2, 0.25) is 0 Å². The van der Waals surface area contributed by atoms with Crippen molar-refractivity contribution >= 4 is 23.3 Å². The summed E-state index contributed by atoms with van der Waals surface area (Å²) in [5.74, 6) is 0.112. The van der Waals surface area contributed by atoms with Gasteiger partial charge in [-0.2, -0.15) is 0 Å². The Kier molecular flexibility index (Phi) is 6.36. The van der Waals surface area contributed by atoms with Gasteiger partial charge in [-0.05, 0) is 35.7 Å². The lowest BCUT2D eigenvalue weighted by molar-refractivity contribution is -0.121. The van der Waals surface area contributed by atoms with Crippen LogP contribution in [0.25, 0.3) is 0 Å². The van der Waals surface area contributed by atoms with Crippen molar-refractivity contribution in [3.63, 3.8) is 0 Å². The molecule has 142 valence electrons. The van der Waals surface area contributed by atoms with Gasteiger partial charge < -0.3 is 16.4 Å². The number of aryl methyl sites for hydroxylation is 1. The predicted octanol–water partition coefficient (Wildman–Crippen LogP) is 3.17. The van der Waals surface area contributed by atoms with Gasteiger partial charge in [0.1, 0.15) is 5.82 Å². The van der Waals surface area contributed by atoms with E-state index in [1.165, 1.54) is 6.20 Å². The number of amides is 2. The number of rotatable bonds is 7. The van der Waals surface area contributed by atoms with Gasteiger partial charge in [-0.1, -0.05) is 42.5 Å². The molecule has 0 radical (unpaired) electrons. The third-order valence-electron chi connectivity index (χ3n) is 4.23. The van der Waals surface area contributed by atoms with Crippen molar-refractivity contribution in [2.75, 3.05) is 11.1 Å². The summed E-state index contributed by atoms with van der Waals surface area (Å²) in [6, 6.07) is 20.3. The molecule has 0 saturated heterocycles. The Morgan fingerprint density at radius 3 is 2.39 bits per heavy atom. The lowest BCUT2D eigenvalue weighted by Crippen LogP contribution is -2.23. The molecule has 2 amide bonds. The van der Waals surface area contributed by atoms with Crippen molar-refractivity contribution in [2.24, 2.45) is 0 Å². The lowest BCUT2D eigenvalue weighted by atomic mass is 10.1. The van der Waals surface area contributed by atoms with Crippen molar-refractivity contribution in [1.82, 2.24) is 10.3 Å². The number of nitrogen functional groups attached to an aromatic ring is 1. The normalized spacial score (nSPS) is 10.3. The third-order valence-corrected chi connectivity index (χ3v) is 4.23. The van der Waals surface area contributed by atoms with Crippen molar-refractivity contribution in [3.8, 4) is 0 Å². The standard InChI is InChI=1S/C22H22N4O2/c23-20-14-19(12-13-24-20)26-22(28)18-9-6-17(7-10-18)15-25-21(27)11-8-16-4-2-1-3-5-16/h1-7,9-10,12-14H,8,11,15H2,(H,25,27)(H3,23,24,26,28). The Morgan fingerprint density at radius 2 is 1.68 bits per heavy atom. The number of benzene rings is 2. The molecule has 1 aromatic heterocycles. The fraction of sp³-hybridized carbons (Fsp3) is 0.136. The molecule has 3 aromatic rings. The molecule has 0 bridgehead atoms. The Bertz CT molecular complexity index is 940. The summed E-state index contributed by atoms with van der Waals surface area (Å²) < 4.78 is 0. The minimum atomic E-state index is -0.232. The number of nitrogens with one attached hydrogen (secondary N) is 2. The molecule has 0 atom stereocenters. The Balaban J connectivity index is 1.47. The molecule has 0 fully saturated rings. The van der Waals surface area contributed by atoms with E-state index in [-0.39, 0.29) is 11.8 Å². The number of hydrogen-bond acceptors (Lipinski definition) is 4. The molecule has 1 heterocycles. The van der Waals surface area contributed by atoms with Crippen LogP contribution in [-0.4, -0.2) is 16.8 Å². The first kappa shape index (κ1) is 19.1. The molecule has 0 aliphatic rings. The first-order chi connectivity index (χ1) is 13.6. The molecule has 2 aromatic carbocycles. The smallest absolute Gasteiger partial charge is 0.255 e. The van der Waals surface area contributed by atoms with Crippen molar-refractivity contribution in [2.45, 2.75) is 19.4 Å². The van der Waals surface area contributed by atoms with Gasteiger partial charge in [0.25, 0.3) is 5.91 Å². The summed E-state index contributed by atoms with van der Waals surface area (Å²) in [7, 11) is 0. The average molecular weight is 374 g/mol. The summed E-state index contributed by atoms with van der Waals surface area (Å²) in [5, 5.41) is 5.68. The molecule has 6 heteroatoms. The first-order valence-electron chi connectivity index (χ1n) is 9.02. The maximum absolute atomic E-state index is 12.3. The van der Waals surface area contributed by atoms with Gasteiger partial charge in [0.15, 0.2) is 0 Å². The van der Waals surface area contributed by atoms with E-state index in [4.69, 9.17) is 5.73 Å². The molecule has 6 nitrogen and oxygen atoms in total. The van der Waals surface area contributed by atoms with Crippen molar-refractivity contribution < 1.29 is 9.59 Å². The maximum atomic E-state index is 12.3. The SMILES string of the molecule is Nc1cc(NC(=O)c2ccc(CNC(=O)CCc3ccccc3)cc2)ccn1. The molecule has 0 aliphatic heterocycles. The number of nitrogens with two attached hydrogens (primary N) is 1. The minimum Gasteiger partial charge on any atom is -0.384 e. The third kappa shape index (κ3) is 5.67. The summed E-state index contributed by atoms with van der Waals surface area (Å²) in [6.45, 7) is 0.427. The summed E-state index contributed by atoms with van der Waals surface area (Å²) >= 11 is 0. The number of anilines is 2. The number of nitrogens with zero attached hydrogens (tertiary/aromatic N) is 1. The highest BCUT2D eigenvalue weighted by Gasteiger charge is 2.07. The highest BCUT2D eigenvalue weighted by Crippen LogP contribution is 2.12. The second kappa shape index (κ2) is 9.32. The Hall–Kier alpha value is -3.67. The minimum absolute atomic E-state index is 0.000878. The van der Waals surface area contributed by atoms with E-state index < -0.39 is 0 Å². The van der Waals surface area contributed by atoms with Gasteiger partial charge in [0.2, 0.25) is 5.91 Å². The zero-order valence-electron chi connectivity index (χ0n) is 15.4. The van der Waals surface area contributed by atoms with Gasteiger partial charge in [-0.15, -0.1) is 0 Å². The fourth-order valence-corrected chi connectivity index (χ4v) is 2.69. The fourth-order valence-electron chi connectivity index (χ4n) is 2.69. The molecule has 28 heavy (non-hydrogen) atoms. The van der Waals surface area contributed by atoms with Crippen LogP contribution in [0, 0.1) is 0 Å². The summed E-state index contributed by atoms with van der Waals surface area (Å²) in [4.78, 5) is 28.2. The molecule has 0 spiro atoms. The molecule has 3 rings (SSSR count). The van der Waals surface area contributed by atoms with Crippen LogP contribution < -0.4 is 16.4 Å². The number of hydrogen-bond donors (Lipinski definition) is 3. The van der Waals surface area contributed by atoms with Crippen LogP contribution in [-0.2, 0) is 17.8 Å². The van der Waals surface area contributed by atoms with Gasteiger partial charge >= 0.3 is 0 Å². The number of pyridine rings is 1. The van der Waals surface area contributed by atoms with Crippen LogP contribution in [0.15, 0.2) is 72.9 Å².